The van der Waals surface area contributed by atoms with E-state index in [0.29, 0.717) is 29.0 Å². The summed E-state index contributed by atoms with van der Waals surface area (Å²) in [5, 5.41) is 0. The molecule has 0 bridgehead atoms. The largest absolute Gasteiger partial charge is 0.493 e. The topological polar surface area (TPSA) is 38.8 Å². The van der Waals surface area contributed by atoms with Gasteiger partial charge in [0.1, 0.15) is 15.8 Å². The van der Waals surface area contributed by atoms with Gasteiger partial charge in [0.05, 0.1) is 18.1 Å². The Morgan fingerprint density at radius 2 is 1.89 bits per heavy atom. The van der Waals surface area contributed by atoms with Crippen LogP contribution in [0.1, 0.15) is 24.5 Å². The molecule has 0 unspecified atom stereocenters. The van der Waals surface area contributed by atoms with Gasteiger partial charge in [-0.3, -0.25) is 9.69 Å². The van der Waals surface area contributed by atoms with Gasteiger partial charge in [0.25, 0.3) is 5.91 Å². The first-order chi connectivity index (χ1) is 13.6. The minimum absolute atomic E-state index is 0.0304. The smallest absolute Gasteiger partial charge is 0.266 e. The van der Waals surface area contributed by atoms with Crippen LogP contribution in [-0.4, -0.2) is 34.9 Å². The molecule has 1 saturated heterocycles. The zero-order chi connectivity index (χ0) is 19.9. The van der Waals surface area contributed by atoms with E-state index in [1.807, 2.05) is 68.5 Å². The van der Waals surface area contributed by atoms with Crippen LogP contribution in [0.15, 0.2) is 53.4 Å². The van der Waals surface area contributed by atoms with E-state index in [-0.39, 0.29) is 5.91 Å². The number of benzene rings is 2. The number of hydrogen-bond donors (Lipinski definition) is 0. The van der Waals surface area contributed by atoms with E-state index in [9.17, 15) is 4.79 Å². The maximum Gasteiger partial charge on any atom is 0.266 e. The van der Waals surface area contributed by atoms with Gasteiger partial charge in [0.2, 0.25) is 0 Å². The van der Waals surface area contributed by atoms with Crippen molar-refractivity contribution in [3.63, 3.8) is 0 Å². The lowest BCUT2D eigenvalue weighted by molar-refractivity contribution is -0.121. The Hall–Kier alpha value is -2.31. The highest BCUT2D eigenvalue weighted by Gasteiger charge is 2.30. The third-order valence-corrected chi connectivity index (χ3v) is 5.63. The summed E-state index contributed by atoms with van der Waals surface area (Å²) in [4.78, 5) is 14.6. The average Bonchev–Trinajstić information content (AvgIpc) is 2.96. The number of hydrogen-bond acceptors (Lipinski definition) is 5. The van der Waals surface area contributed by atoms with Gasteiger partial charge in [0.15, 0.2) is 0 Å². The van der Waals surface area contributed by atoms with Gasteiger partial charge >= 0.3 is 0 Å². The summed E-state index contributed by atoms with van der Waals surface area (Å²) >= 11 is 6.59. The lowest BCUT2D eigenvalue weighted by atomic mass is 10.2. The molecule has 3 rings (SSSR count). The van der Waals surface area contributed by atoms with Crippen molar-refractivity contribution in [2.75, 3.05) is 19.8 Å². The standard InChI is InChI=1S/C22H23NO3S2/c1-3-23-21(24)20(28-22(23)27)15-17-9-6-10-18(14-17)25-12-7-13-26-19-11-5-4-8-16(19)2/h4-6,8-11,14-15H,3,7,12-13H2,1-2H3. The molecule has 6 heteroatoms. The van der Waals surface area contributed by atoms with E-state index in [1.165, 1.54) is 11.8 Å². The summed E-state index contributed by atoms with van der Waals surface area (Å²) in [6, 6.07) is 15.7. The lowest BCUT2D eigenvalue weighted by Crippen LogP contribution is -2.27. The Labute approximate surface area is 175 Å². The summed E-state index contributed by atoms with van der Waals surface area (Å²) in [6.45, 7) is 5.71. The van der Waals surface area contributed by atoms with E-state index in [1.54, 1.807) is 4.90 Å². The van der Waals surface area contributed by atoms with Crippen molar-refractivity contribution in [1.82, 2.24) is 4.90 Å². The van der Waals surface area contributed by atoms with Gasteiger partial charge in [-0.25, -0.2) is 0 Å². The second-order valence-corrected chi connectivity index (χ2v) is 7.99. The molecule has 0 spiro atoms. The number of carbonyl (C=O) groups is 1. The van der Waals surface area contributed by atoms with Gasteiger partial charge in [-0.1, -0.05) is 54.3 Å². The second-order valence-electron chi connectivity index (χ2n) is 6.31. The highest BCUT2D eigenvalue weighted by Crippen LogP contribution is 2.32. The van der Waals surface area contributed by atoms with Crippen molar-refractivity contribution < 1.29 is 14.3 Å². The number of likely N-dealkylation sites (N-methyl/N-ethyl adjacent to an activating group) is 1. The molecule has 146 valence electrons. The van der Waals surface area contributed by atoms with E-state index >= 15 is 0 Å². The molecule has 1 aliphatic rings. The van der Waals surface area contributed by atoms with Crippen LogP contribution in [0.4, 0.5) is 0 Å². The average molecular weight is 414 g/mol. The maximum absolute atomic E-state index is 12.3. The first-order valence-electron chi connectivity index (χ1n) is 9.25. The molecule has 0 aliphatic carbocycles. The van der Waals surface area contributed by atoms with Crippen LogP contribution >= 0.6 is 24.0 Å². The zero-order valence-electron chi connectivity index (χ0n) is 16.0. The number of amides is 1. The van der Waals surface area contributed by atoms with Crippen molar-refractivity contribution in [2.45, 2.75) is 20.3 Å². The van der Waals surface area contributed by atoms with Crippen molar-refractivity contribution in [1.29, 1.82) is 0 Å². The van der Waals surface area contributed by atoms with Crippen LogP contribution in [-0.2, 0) is 4.79 Å². The Balaban J connectivity index is 1.51. The Morgan fingerprint density at radius 3 is 2.64 bits per heavy atom. The molecule has 28 heavy (non-hydrogen) atoms. The van der Waals surface area contributed by atoms with E-state index < -0.39 is 0 Å². The van der Waals surface area contributed by atoms with Crippen LogP contribution in [0.25, 0.3) is 6.08 Å². The number of rotatable bonds is 8. The molecule has 0 aromatic heterocycles. The summed E-state index contributed by atoms with van der Waals surface area (Å²) in [5.41, 5.74) is 2.05. The Bertz CT molecular complexity index is 895. The van der Waals surface area contributed by atoms with Crippen LogP contribution in [0, 0.1) is 6.92 Å². The van der Waals surface area contributed by atoms with E-state index in [0.717, 1.165) is 29.0 Å². The lowest BCUT2D eigenvalue weighted by Gasteiger charge is -2.10. The van der Waals surface area contributed by atoms with Crippen molar-refractivity contribution >= 4 is 40.3 Å². The summed E-state index contributed by atoms with van der Waals surface area (Å²) in [7, 11) is 0. The number of aryl methyl sites for hydroxylation is 1. The van der Waals surface area contributed by atoms with Crippen LogP contribution in [0.5, 0.6) is 11.5 Å². The first-order valence-corrected chi connectivity index (χ1v) is 10.5. The number of carbonyl (C=O) groups excluding carboxylic acids is 1. The molecular formula is C22H23NO3S2. The maximum atomic E-state index is 12.3. The Kier molecular flexibility index (Phi) is 7.12. The number of para-hydroxylation sites is 1. The number of nitrogens with zero attached hydrogens (tertiary/aromatic N) is 1. The fourth-order valence-corrected chi connectivity index (χ4v) is 4.15. The van der Waals surface area contributed by atoms with Crippen LogP contribution < -0.4 is 9.47 Å². The number of thioether (sulfide) groups is 1. The molecule has 0 N–H and O–H groups in total. The first kappa shape index (κ1) is 20.4. The fraction of sp³-hybridized carbons (Fsp3) is 0.273. The predicted octanol–water partition coefficient (Wildman–Crippen LogP) is 5.06. The molecule has 1 aliphatic heterocycles. The predicted molar refractivity (Wildman–Crippen MR) is 119 cm³/mol. The molecule has 1 fully saturated rings. The van der Waals surface area contributed by atoms with Gasteiger partial charge in [-0.05, 0) is 49.2 Å². The molecule has 0 atom stereocenters. The normalized spacial score (nSPS) is 15.4. The summed E-state index contributed by atoms with van der Waals surface area (Å²) < 4.78 is 12.2. The Morgan fingerprint density at radius 1 is 1.11 bits per heavy atom. The van der Waals surface area contributed by atoms with Crippen molar-refractivity contribution in [3.8, 4) is 11.5 Å². The molecule has 1 heterocycles. The van der Waals surface area contributed by atoms with Gasteiger partial charge in [0, 0.05) is 13.0 Å². The molecular weight excluding hydrogens is 390 g/mol. The zero-order valence-corrected chi connectivity index (χ0v) is 17.6. The number of thiocarbonyl (C=S) groups is 1. The van der Waals surface area contributed by atoms with Gasteiger partial charge in [-0.2, -0.15) is 0 Å². The van der Waals surface area contributed by atoms with Crippen LogP contribution in [0.2, 0.25) is 0 Å². The fourth-order valence-electron chi connectivity index (χ4n) is 2.77. The molecule has 2 aromatic rings. The molecule has 4 nitrogen and oxygen atoms in total. The van der Waals surface area contributed by atoms with Crippen molar-refractivity contribution in [2.24, 2.45) is 0 Å². The molecule has 1 amide bonds. The monoisotopic (exact) mass is 413 g/mol. The SMILES string of the molecule is CCN1C(=O)C(=Cc2cccc(OCCCOc3ccccc3C)c2)SC1=S. The summed E-state index contributed by atoms with van der Waals surface area (Å²) in [5.74, 6) is 1.65. The van der Waals surface area contributed by atoms with Gasteiger partial charge in [-0.15, -0.1) is 0 Å². The van der Waals surface area contributed by atoms with Crippen molar-refractivity contribution in [3.05, 3.63) is 64.6 Å². The van der Waals surface area contributed by atoms with E-state index in [4.69, 9.17) is 21.7 Å². The molecule has 0 saturated carbocycles. The molecule has 2 aromatic carbocycles. The van der Waals surface area contributed by atoms with E-state index in [2.05, 4.69) is 0 Å². The minimum atomic E-state index is -0.0304. The summed E-state index contributed by atoms with van der Waals surface area (Å²) in [6.07, 6.45) is 2.65. The second kappa shape index (κ2) is 9.75. The highest BCUT2D eigenvalue weighted by molar-refractivity contribution is 8.26. The quantitative estimate of drug-likeness (QED) is 0.343. The number of ether oxygens (including phenoxy) is 2. The van der Waals surface area contributed by atoms with Gasteiger partial charge < -0.3 is 9.47 Å². The minimum Gasteiger partial charge on any atom is -0.493 e. The third kappa shape index (κ3) is 5.14. The molecule has 0 radical (unpaired) electrons. The highest BCUT2D eigenvalue weighted by atomic mass is 32.2. The third-order valence-electron chi connectivity index (χ3n) is 4.25. The van der Waals surface area contributed by atoms with Crippen LogP contribution in [0.3, 0.4) is 0 Å².